The molecule has 23 heavy (non-hydrogen) atoms. The molecule has 8 heteroatoms. The van der Waals surface area contributed by atoms with E-state index >= 15 is 0 Å². The van der Waals surface area contributed by atoms with E-state index < -0.39 is 0 Å². The quantitative estimate of drug-likeness (QED) is 0.845. The second kappa shape index (κ2) is 7.82. The van der Waals surface area contributed by atoms with Gasteiger partial charge in [-0.25, -0.2) is 4.79 Å². The van der Waals surface area contributed by atoms with Crippen molar-refractivity contribution in [3.63, 3.8) is 0 Å². The minimum absolute atomic E-state index is 0.289. The Morgan fingerprint density at radius 3 is 2.87 bits per heavy atom. The first-order valence-corrected chi connectivity index (χ1v) is 7.58. The molecule has 2 rings (SSSR count). The Hall–Kier alpha value is -2.28. The number of carbonyl (C=O) groups is 1. The number of carbonyl (C=O) groups excluding carboxylic acids is 1. The fourth-order valence-electron chi connectivity index (χ4n) is 2.08. The standard InChI is InChI=1S/C15H19ClN4O3/c1-4-12(14-18-9(2)23-20-14)19-15(21)17-8-10-7-11(16)5-6-13(10)22-3/h5-7,12H,4,8H2,1-3H3,(H2,17,19,21)/t12-/m1/s1. The summed E-state index contributed by atoms with van der Waals surface area (Å²) in [6.07, 6.45) is 0.646. The highest BCUT2D eigenvalue weighted by Crippen LogP contribution is 2.22. The molecule has 0 aliphatic heterocycles. The molecule has 7 nitrogen and oxygen atoms in total. The largest absolute Gasteiger partial charge is 0.496 e. The van der Waals surface area contributed by atoms with E-state index in [4.69, 9.17) is 20.9 Å². The molecule has 0 fully saturated rings. The molecule has 0 aliphatic rings. The Balaban J connectivity index is 1.95. The predicted octanol–water partition coefficient (Wildman–Crippen LogP) is 2.99. The number of rotatable bonds is 6. The van der Waals surface area contributed by atoms with Crippen LogP contribution in [0.5, 0.6) is 5.75 Å². The number of hydrogen-bond donors (Lipinski definition) is 2. The summed E-state index contributed by atoms with van der Waals surface area (Å²) in [5.41, 5.74) is 0.790. The molecular weight excluding hydrogens is 320 g/mol. The first-order valence-electron chi connectivity index (χ1n) is 7.20. The van der Waals surface area contributed by atoms with Gasteiger partial charge in [-0.2, -0.15) is 4.98 Å². The van der Waals surface area contributed by atoms with Crippen molar-refractivity contribution in [3.05, 3.63) is 40.5 Å². The maximum absolute atomic E-state index is 12.1. The summed E-state index contributed by atoms with van der Waals surface area (Å²) >= 11 is 5.97. The number of urea groups is 1. The van der Waals surface area contributed by atoms with Gasteiger partial charge in [0, 0.05) is 24.1 Å². The molecule has 0 radical (unpaired) electrons. The molecule has 0 saturated carbocycles. The van der Waals surface area contributed by atoms with E-state index in [1.165, 1.54) is 0 Å². The van der Waals surface area contributed by atoms with E-state index in [1.54, 1.807) is 32.2 Å². The number of hydrogen-bond acceptors (Lipinski definition) is 5. The van der Waals surface area contributed by atoms with Gasteiger partial charge in [-0.1, -0.05) is 23.7 Å². The van der Waals surface area contributed by atoms with E-state index in [0.717, 1.165) is 5.56 Å². The SMILES string of the molecule is CC[C@@H](NC(=O)NCc1cc(Cl)ccc1OC)c1noc(C)n1. The average molecular weight is 339 g/mol. The molecule has 0 unspecified atom stereocenters. The van der Waals surface area contributed by atoms with Crippen molar-refractivity contribution < 1.29 is 14.1 Å². The van der Waals surface area contributed by atoms with Gasteiger partial charge in [-0.05, 0) is 24.6 Å². The van der Waals surface area contributed by atoms with Crippen LogP contribution < -0.4 is 15.4 Å². The highest BCUT2D eigenvalue weighted by molar-refractivity contribution is 6.30. The topological polar surface area (TPSA) is 89.3 Å². The van der Waals surface area contributed by atoms with Crippen LogP contribution >= 0.6 is 11.6 Å². The number of nitrogens with one attached hydrogen (secondary N) is 2. The van der Waals surface area contributed by atoms with Gasteiger partial charge >= 0.3 is 6.03 Å². The van der Waals surface area contributed by atoms with Crippen LogP contribution in [0, 0.1) is 6.92 Å². The van der Waals surface area contributed by atoms with Crippen molar-refractivity contribution in [3.8, 4) is 5.75 Å². The molecule has 1 heterocycles. The summed E-state index contributed by atoms with van der Waals surface area (Å²) in [6, 6.07) is 4.60. The van der Waals surface area contributed by atoms with Crippen molar-refractivity contribution in [1.29, 1.82) is 0 Å². The van der Waals surface area contributed by atoms with Gasteiger partial charge in [0.15, 0.2) is 5.82 Å². The number of aromatic nitrogens is 2. The molecule has 2 aromatic rings. The Morgan fingerprint density at radius 1 is 1.48 bits per heavy atom. The summed E-state index contributed by atoms with van der Waals surface area (Å²) in [5, 5.41) is 9.99. The summed E-state index contributed by atoms with van der Waals surface area (Å²) < 4.78 is 10.2. The van der Waals surface area contributed by atoms with Crippen LogP contribution in [0.2, 0.25) is 5.02 Å². The molecule has 1 aromatic heterocycles. The van der Waals surface area contributed by atoms with E-state index in [0.29, 0.717) is 28.9 Å². The molecule has 1 atom stereocenters. The highest BCUT2D eigenvalue weighted by atomic mass is 35.5. The number of halogens is 1. The van der Waals surface area contributed by atoms with Crippen LogP contribution in [-0.2, 0) is 6.54 Å². The summed E-state index contributed by atoms with van der Waals surface area (Å²) in [4.78, 5) is 16.2. The maximum atomic E-state index is 12.1. The van der Waals surface area contributed by atoms with Gasteiger partial charge in [0.1, 0.15) is 5.75 Å². The van der Waals surface area contributed by atoms with Crippen molar-refractivity contribution >= 4 is 17.6 Å². The Labute approximate surface area is 139 Å². The minimum atomic E-state index is -0.332. The number of aryl methyl sites for hydroxylation is 1. The smallest absolute Gasteiger partial charge is 0.315 e. The van der Waals surface area contributed by atoms with Gasteiger partial charge in [0.2, 0.25) is 5.89 Å². The third kappa shape index (κ3) is 4.59. The fourth-order valence-corrected chi connectivity index (χ4v) is 2.27. The lowest BCUT2D eigenvalue weighted by Crippen LogP contribution is -2.37. The van der Waals surface area contributed by atoms with Crippen molar-refractivity contribution in [2.75, 3.05) is 7.11 Å². The second-order valence-corrected chi connectivity index (χ2v) is 5.35. The summed E-state index contributed by atoms with van der Waals surface area (Å²) in [7, 11) is 1.57. The molecular formula is C15H19ClN4O3. The van der Waals surface area contributed by atoms with Gasteiger partial charge < -0.3 is 19.9 Å². The predicted molar refractivity (Wildman–Crippen MR) is 85.4 cm³/mol. The Morgan fingerprint density at radius 2 is 2.26 bits per heavy atom. The van der Waals surface area contributed by atoms with Crippen LogP contribution in [0.1, 0.15) is 36.7 Å². The lowest BCUT2D eigenvalue weighted by atomic mass is 10.2. The van der Waals surface area contributed by atoms with Crippen LogP contribution in [0.3, 0.4) is 0 Å². The molecule has 124 valence electrons. The summed E-state index contributed by atoms with van der Waals surface area (Å²) in [5.74, 6) is 1.58. The van der Waals surface area contributed by atoms with Crippen molar-refractivity contribution in [2.45, 2.75) is 32.9 Å². The number of methoxy groups -OCH3 is 1. The first kappa shape index (κ1) is 17.1. The van der Waals surface area contributed by atoms with Crippen LogP contribution in [0.4, 0.5) is 4.79 Å². The highest BCUT2D eigenvalue weighted by Gasteiger charge is 2.18. The molecule has 0 spiro atoms. The Kier molecular flexibility index (Phi) is 5.81. The number of nitrogens with zero attached hydrogens (tertiary/aromatic N) is 2. The monoisotopic (exact) mass is 338 g/mol. The lowest BCUT2D eigenvalue weighted by molar-refractivity contribution is 0.235. The number of benzene rings is 1. The minimum Gasteiger partial charge on any atom is -0.496 e. The van der Waals surface area contributed by atoms with Gasteiger partial charge in [0.05, 0.1) is 13.2 Å². The lowest BCUT2D eigenvalue weighted by Gasteiger charge is -2.15. The zero-order chi connectivity index (χ0) is 16.8. The first-order chi connectivity index (χ1) is 11.0. The third-order valence-corrected chi connectivity index (χ3v) is 3.49. The molecule has 1 aromatic carbocycles. The van der Waals surface area contributed by atoms with Crippen LogP contribution in [-0.4, -0.2) is 23.3 Å². The Bertz CT molecular complexity index is 674. The number of amides is 2. The van der Waals surface area contributed by atoms with Crippen molar-refractivity contribution in [2.24, 2.45) is 0 Å². The summed E-state index contributed by atoms with van der Waals surface area (Å²) in [6.45, 7) is 3.92. The van der Waals surface area contributed by atoms with Crippen LogP contribution in [0.25, 0.3) is 0 Å². The molecule has 0 bridgehead atoms. The van der Waals surface area contributed by atoms with Crippen LogP contribution in [0.15, 0.2) is 22.7 Å². The third-order valence-electron chi connectivity index (χ3n) is 3.25. The average Bonchev–Trinajstić information content (AvgIpc) is 2.97. The molecule has 0 saturated heterocycles. The zero-order valence-electron chi connectivity index (χ0n) is 13.2. The molecule has 0 aliphatic carbocycles. The normalized spacial score (nSPS) is 11.8. The second-order valence-electron chi connectivity index (χ2n) is 4.92. The van der Waals surface area contributed by atoms with Crippen molar-refractivity contribution in [1.82, 2.24) is 20.8 Å². The fraction of sp³-hybridized carbons (Fsp3) is 0.400. The molecule has 2 N–H and O–H groups in total. The van der Waals surface area contributed by atoms with E-state index in [-0.39, 0.29) is 18.6 Å². The van der Waals surface area contributed by atoms with E-state index in [9.17, 15) is 4.79 Å². The zero-order valence-corrected chi connectivity index (χ0v) is 14.0. The van der Waals surface area contributed by atoms with Gasteiger partial charge in [-0.15, -0.1) is 0 Å². The molecule has 2 amide bonds. The van der Waals surface area contributed by atoms with Gasteiger partial charge in [0.25, 0.3) is 0 Å². The maximum Gasteiger partial charge on any atom is 0.315 e. The van der Waals surface area contributed by atoms with E-state index in [1.807, 2.05) is 6.92 Å². The van der Waals surface area contributed by atoms with Gasteiger partial charge in [-0.3, -0.25) is 0 Å². The number of ether oxygens (including phenoxy) is 1. The van der Waals surface area contributed by atoms with E-state index in [2.05, 4.69) is 20.8 Å².